The highest BCUT2D eigenvalue weighted by molar-refractivity contribution is 5.97. The summed E-state index contributed by atoms with van der Waals surface area (Å²) >= 11 is 0. The van der Waals surface area contributed by atoms with Crippen LogP contribution >= 0.6 is 0 Å². The second kappa shape index (κ2) is 9.06. The number of nitrogens with one attached hydrogen (secondary N) is 1. The number of piperazine rings is 1. The molecule has 3 atom stereocenters. The number of unbranched alkanes of at least 4 members (excludes halogenated alkanes) is 3. The molecule has 1 aliphatic rings. The van der Waals surface area contributed by atoms with Crippen molar-refractivity contribution < 1.29 is 9.59 Å². The molecule has 1 rings (SSSR count). The molecule has 3 unspecified atom stereocenters. The van der Waals surface area contributed by atoms with E-state index >= 15 is 0 Å². The zero-order chi connectivity index (χ0) is 15.8. The quantitative estimate of drug-likeness (QED) is 0.665. The lowest BCUT2D eigenvalue weighted by Gasteiger charge is -2.41. The molecule has 1 N–H and O–H groups in total. The fraction of sp³-hybridized carbons (Fsp3) is 0.882. The van der Waals surface area contributed by atoms with Gasteiger partial charge in [-0.2, -0.15) is 0 Å². The van der Waals surface area contributed by atoms with Crippen molar-refractivity contribution >= 4 is 11.8 Å². The minimum Gasteiger partial charge on any atom is -0.342 e. The first kappa shape index (κ1) is 18.0. The molecule has 0 aromatic carbocycles. The fourth-order valence-electron chi connectivity index (χ4n) is 3.03. The van der Waals surface area contributed by atoms with E-state index in [1.807, 2.05) is 11.8 Å². The van der Waals surface area contributed by atoms with E-state index in [0.29, 0.717) is 0 Å². The molecule has 0 aromatic heterocycles. The molecule has 1 fully saturated rings. The van der Waals surface area contributed by atoms with Crippen LogP contribution in [0.25, 0.3) is 0 Å². The summed E-state index contributed by atoms with van der Waals surface area (Å²) in [5.74, 6) is 0.374. The Morgan fingerprint density at radius 1 is 1.10 bits per heavy atom. The van der Waals surface area contributed by atoms with Gasteiger partial charge in [0.25, 0.3) is 0 Å². The molecule has 0 aliphatic carbocycles. The number of hydrogen-bond donors (Lipinski definition) is 1. The van der Waals surface area contributed by atoms with E-state index in [2.05, 4.69) is 26.1 Å². The Kier molecular flexibility index (Phi) is 7.76. The summed E-state index contributed by atoms with van der Waals surface area (Å²) in [7, 11) is 0. The number of hydrogen-bond acceptors (Lipinski definition) is 2. The Morgan fingerprint density at radius 3 is 2.38 bits per heavy atom. The summed E-state index contributed by atoms with van der Waals surface area (Å²) in [5.41, 5.74) is 0. The monoisotopic (exact) mass is 296 g/mol. The summed E-state index contributed by atoms with van der Waals surface area (Å²) in [4.78, 5) is 27.0. The van der Waals surface area contributed by atoms with Gasteiger partial charge in [0.1, 0.15) is 12.1 Å². The molecular weight excluding hydrogens is 264 g/mol. The van der Waals surface area contributed by atoms with Crippen LogP contribution in [-0.2, 0) is 9.59 Å². The van der Waals surface area contributed by atoms with Gasteiger partial charge in [-0.05, 0) is 18.8 Å². The first-order valence-electron chi connectivity index (χ1n) is 8.67. The van der Waals surface area contributed by atoms with Crippen molar-refractivity contribution in [3.05, 3.63) is 0 Å². The minimum atomic E-state index is -0.311. The molecule has 0 bridgehead atoms. The lowest BCUT2D eigenvalue weighted by atomic mass is 9.92. The van der Waals surface area contributed by atoms with Crippen molar-refractivity contribution in [3.63, 3.8) is 0 Å². The van der Waals surface area contributed by atoms with Crippen LogP contribution in [0.4, 0.5) is 0 Å². The third-order valence-corrected chi connectivity index (χ3v) is 4.51. The van der Waals surface area contributed by atoms with Crippen molar-refractivity contribution in [2.75, 3.05) is 6.54 Å². The van der Waals surface area contributed by atoms with Gasteiger partial charge in [0.05, 0.1) is 0 Å². The van der Waals surface area contributed by atoms with Crippen LogP contribution in [0.1, 0.15) is 72.6 Å². The smallest absolute Gasteiger partial charge is 0.245 e. The number of carbonyl (C=O) groups is 2. The fourth-order valence-corrected chi connectivity index (χ4v) is 3.03. The number of rotatable bonds is 9. The molecule has 0 saturated carbocycles. The Morgan fingerprint density at radius 2 is 1.81 bits per heavy atom. The van der Waals surface area contributed by atoms with E-state index in [1.165, 1.54) is 12.8 Å². The SMILES string of the molecule is CCCCCCN1C(=O)C(CCC)NC(=O)C1C(C)CC. The van der Waals surface area contributed by atoms with Crippen LogP contribution in [0.2, 0.25) is 0 Å². The van der Waals surface area contributed by atoms with E-state index in [-0.39, 0.29) is 29.8 Å². The van der Waals surface area contributed by atoms with Gasteiger partial charge in [0.2, 0.25) is 11.8 Å². The van der Waals surface area contributed by atoms with Crippen LogP contribution < -0.4 is 5.32 Å². The molecule has 0 aromatic rings. The number of carbonyl (C=O) groups excluding carboxylic acids is 2. The van der Waals surface area contributed by atoms with Gasteiger partial charge in [-0.25, -0.2) is 0 Å². The first-order chi connectivity index (χ1) is 10.1. The second-order valence-corrected chi connectivity index (χ2v) is 6.27. The van der Waals surface area contributed by atoms with Crippen LogP contribution in [0.15, 0.2) is 0 Å². The molecule has 2 amide bonds. The standard InChI is InChI=1S/C17H32N2O2/c1-5-8-9-10-12-19-15(13(4)7-3)16(20)18-14(11-6-2)17(19)21/h13-15H,5-12H2,1-4H3,(H,18,20). The second-order valence-electron chi connectivity index (χ2n) is 6.27. The van der Waals surface area contributed by atoms with Crippen LogP contribution in [0.3, 0.4) is 0 Å². The first-order valence-corrected chi connectivity index (χ1v) is 8.67. The highest BCUT2D eigenvalue weighted by atomic mass is 16.2. The average molecular weight is 296 g/mol. The van der Waals surface area contributed by atoms with Crippen molar-refractivity contribution in [2.24, 2.45) is 5.92 Å². The average Bonchev–Trinajstić information content (AvgIpc) is 2.47. The Hall–Kier alpha value is -1.06. The molecule has 1 saturated heterocycles. The van der Waals surface area contributed by atoms with Gasteiger partial charge < -0.3 is 10.2 Å². The summed E-state index contributed by atoms with van der Waals surface area (Å²) in [5, 5.41) is 2.93. The summed E-state index contributed by atoms with van der Waals surface area (Å²) in [6, 6.07) is -0.591. The maximum atomic E-state index is 12.7. The van der Waals surface area contributed by atoms with Crippen LogP contribution in [0.5, 0.6) is 0 Å². The lowest BCUT2D eigenvalue weighted by molar-refractivity contribution is -0.151. The molecule has 1 heterocycles. The zero-order valence-corrected chi connectivity index (χ0v) is 14.2. The number of nitrogens with zero attached hydrogens (tertiary/aromatic N) is 1. The van der Waals surface area contributed by atoms with Gasteiger partial charge in [-0.15, -0.1) is 0 Å². The van der Waals surface area contributed by atoms with E-state index in [4.69, 9.17) is 0 Å². The summed E-state index contributed by atoms with van der Waals surface area (Å²) < 4.78 is 0. The van der Waals surface area contributed by atoms with Crippen LogP contribution in [-0.4, -0.2) is 35.3 Å². The highest BCUT2D eigenvalue weighted by Gasteiger charge is 2.41. The minimum absolute atomic E-state index is 0.0397. The zero-order valence-electron chi connectivity index (χ0n) is 14.2. The Bertz CT molecular complexity index is 344. The third-order valence-electron chi connectivity index (χ3n) is 4.51. The summed E-state index contributed by atoms with van der Waals surface area (Å²) in [6.07, 6.45) is 7.07. The summed E-state index contributed by atoms with van der Waals surface area (Å²) in [6.45, 7) is 9.10. The van der Waals surface area contributed by atoms with Crippen molar-refractivity contribution in [1.29, 1.82) is 0 Å². The maximum Gasteiger partial charge on any atom is 0.245 e. The molecule has 4 heteroatoms. The maximum absolute atomic E-state index is 12.7. The normalized spacial score (nSPS) is 24.1. The molecule has 1 aliphatic heterocycles. The topological polar surface area (TPSA) is 49.4 Å². The van der Waals surface area contributed by atoms with Gasteiger partial charge >= 0.3 is 0 Å². The molecular formula is C17H32N2O2. The molecule has 122 valence electrons. The highest BCUT2D eigenvalue weighted by Crippen LogP contribution is 2.22. The Balaban J connectivity index is 2.79. The predicted molar refractivity (Wildman–Crippen MR) is 85.9 cm³/mol. The number of amides is 2. The largest absolute Gasteiger partial charge is 0.342 e. The van der Waals surface area contributed by atoms with Gasteiger partial charge in [-0.1, -0.05) is 59.8 Å². The van der Waals surface area contributed by atoms with Crippen molar-refractivity contribution in [2.45, 2.75) is 84.7 Å². The molecule has 0 spiro atoms. The van der Waals surface area contributed by atoms with Gasteiger partial charge in [0.15, 0.2) is 0 Å². The van der Waals surface area contributed by atoms with E-state index in [9.17, 15) is 9.59 Å². The molecule has 0 radical (unpaired) electrons. The molecule has 4 nitrogen and oxygen atoms in total. The van der Waals surface area contributed by atoms with Gasteiger partial charge in [-0.3, -0.25) is 9.59 Å². The van der Waals surface area contributed by atoms with E-state index in [0.717, 1.165) is 38.6 Å². The third kappa shape index (κ3) is 4.72. The van der Waals surface area contributed by atoms with E-state index in [1.54, 1.807) is 0 Å². The van der Waals surface area contributed by atoms with Crippen LogP contribution in [0, 0.1) is 5.92 Å². The Labute approximate surface area is 129 Å². The molecule has 21 heavy (non-hydrogen) atoms. The van der Waals surface area contributed by atoms with Crippen molar-refractivity contribution in [1.82, 2.24) is 10.2 Å². The predicted octanol–water partition coefficient (Wildman–Crippen LogP) is 3.11. The lowest BCUT2D eigenvalue weighted by Crippen LogP contribution is -2.65. The van der Waals surface area contributed by atoms with Gasteiger partial charge in [0, 0.05) is 6.54 Å². The van der Waals surface area contributed by atoms with Crippen molar-refractivity contribution in [3.8, 4) is 0 Å². The van der Waals surface area contributed by atoms with E-state index < -0.39 is 0 Å².